The summed E-state index contributed by atoms with van der Waals surface area (Å²) in [4.78, 5) is 28.5. The number of carbonyl (C=O) groups excluding carboxylic acids is 2. The van der Waals surface area contributed by atoms with Gasteiger partial charge in [-0.2, -0.15) is 0 Å². The van der Waals surface area contributed by atoms with Gasteiger partial charge >= 0.3 is 0 Å². The number of amides is 2. The van der Waals surface area contributed by atoms with Crippen molar-refractivity contribution in [3.8, 4) is 0 Å². The average Bonchev–Trinajstić information content (AvgIpc) is 3.59. The maximum absolute atomic E-state index is 13.0. The smallest absolute Gasteiger partial charge is 0.246 e. The SMILES string of the molecule is Cl.Cl.NC(=O)CCN(Cc1ccccc1)C(=O)/C=C/c1cccc2c1CCN(CC1CC1)C2. The number of hydrogen-bond donors (Lipinski definition) is 1. The zero-order valence-electron chi connectivity index (χ0n) is 18.8. The minimum Gasteiger partial charge on any atom is -0.370 e. The first-order chi connectivity index (χ1) is 15.1. The van der Waals surface area contributed by atoms with Crippen LogP contribution >= 0.6 is 24.8 Å². The highest BCUT2D eigenvalue weighted by Gasteiger charge is 2.26. The molecule has 1 saturated carbocycles. The van der Waals surface area contributed by atoms with Crippen LogP contribution in [0, 0.1) is 5.92 Å². The van der Waals surface area contributed by atoms with Crippen LogP contribution in [0.2, 0.25) is 0 Å². The van der Waals surface area contributed by atoms with E-state index in [1.54, 1.807) is 11.0 Å². The third-order valence-corrected chi connectivity index (χ3v) is 6.16. The molecule has 2 aromatic carbocycles. The minimum absolute atomic E-state index is 0. The van der Waals surface area contributed by atoms with Gasteiger partial charge in [0.05, 0.1) is 0 Å². The second-order valence-corrected chi connectivity index (χ2v) is 8.71. The van der Waals surface area contributed by atoms with Gasteiger partial charge in [0.1, 0.15) is 0 Å². The van der Waals surface area contributed by atoms with Gasteiger partial charge in [0.15, 0.2) is 0 Å². The molecule has 2 amide bonds. The summed E-state index contributed by atoms with van der Waals surface area (Å²) >= 11 is 0. The van der Waals surface area contributed by atoms with E-state index in [4.69, 9.17) is 5.73 Å². The zero-order chi connectivity index (χ0) is 21.6. The molecule has 0 unspecified atom stereocenters. The number of halogens is 2. The first-order valence-electron chi connectivity index (χ1n) is 11.2. The molecule has 0 aromatic heterocycles. The molecule has 0 radical (unpaired) electrons. The molecule has 1 aliphatic carbocycles. The van der Waals surface area contributed by atoms with E-state index < -0.39 is 5.91 Å². The molecule has 2 N–H and O–H groups in total. The van der Waals surface area contributed by atoms with Crippen LogP contribution in [0.15, 0.2) is 54.6 Å². The van der Waals surface area contributed by atoms with Gasteiger partial charge in [0.2, 0.25) is 11.8 Å². The molecule has 5 nitrogen and oxygen atoms in total. The van der Waals surface area contributed by atoms with Crippen LogP contribution in [-0.4, -0.2) is 41.2 Å². The van der Waals surface area contributed by atoms with E-state index >= 15 is 0 Å². The van der Waals surface area contributed by atoms with Crippen molar-refractivity contribution >= 4 is 42.7 Å². The van der Waals surface area contributed by atoms with E-state index in [2.05, 4.69) is 23.1 Å². The van der Waals surface area contributed by atoms with Crippen LogP contribution in [-0.2, 0) is 29.1 Å². The lowest BCUT2D eigenvalue weighted by Gasteiger charge is -2.29. The highest BCUT2D eigenvalue weighted by atomic mass is 35.5. The van der Waals surface area contributed by atoms with Crippen LogP contribution in [0.4, 0.5) is 0 Å². The number of rotatable bonds is 9. The number of benzene rings is 2. The first kappa shape index (κ1) is 26.9. The molecule has 1 aliphatic heterocycles. The Bertz CT molecular complexity index is 961. The van der Waals surface area contributed by atoms with Crippen molar-refractivity contribution in [2.45, 2.75) is 38.8 Å². The average molecular weight is 490 g/mol. The van der Waals surface area contributed by atoms with Gasteiger partial charge < -0.3 is 10.6 Å². The zero-order valence-corrected chi connectivity index (χ0v) is 20.5. The fourth-order valence-electron chi connectivity index (χ4n) is 4.26. The van der Waals surface area contributed by atoms with E-state index in [0.717, 1.165) is 36.6 Å². The predicted molar refractivity (Wildman–Crippen MR) is 137 cm³/mol. The largest absolute Gasteiger partial charge is 0.370 e. The molecule has 0 bridgehead atoms. The normalized spacial score (nSPS) is 15.3. The summed E-state index contributed by atoms with van der Waals surface area (Å²) in [5, 5.41) is 0. The van der Waals surface area contributed by atoms with E-state index in [1.165, 1.54) is 30.5 Å². The quantitative estimate of drug-likeness (QED) is 0.536. The van der Waals surface area contributed by atoms with Gasteiger partial charge in [-0.25, -0.2) is 0 Å². The summed E-state index contributed by atoms with van der Waals surface area (Å²) in [6.45, 7) is 4.07. The van der Waals surface area contributed by atoms with Crippen molar-refractivity contribution in [2.24, 2.45) is 11.7 Å². The van der Waals surface area contributed by atoms with Crippen molar-refractivity contribution in [3.05, 3.63) is 76.9 Å². The minimum atomic E-state index is -0.400. The first-order valence-corrected chi connectivity index (χ1v) is 11.2. The van der Waals surface area contributed by atoms with Gasteiger partial charge in [-0.1, -0.05) is 48.5 Å². The molecule has 1 fully saturated rings. The van der Waals surface area contributed by atoms with Gasteiger partial charge in [-0.15, -0.1) is 24.8 Å². The third-order valence-electron chi connectivity index (χ3n) is 6.16. The van der Waals surface area contributed by atoms with Crippen molar-refractivity contribution in [3.63, 3.8) is 0 Å². The van der Waals surface area contributed by atoms with Crippen LogP contribution in [0.3, 0.4) is 0 Å². The van der Waals surface area contributed by atoms with Gasteiger partial charge in [0, 0.05) is 45.2 Å². The summed E-state index contributed by atoms with van der Waals surface area (Å²) < 4.78 is 0. The summed E-state index contributed by atoms with van der Waals surface area (Å²) in [5.41, 5.74) is 10.2. The molecular weight excluding hydrogens is 457 g/mol. The third kappa shape index (κ3) is 7.88. The van der Waals surface area contributed by atoms with E-state index in [0.29, 0.717) is 13.1 Å². The number of carbonyl (C=O) groups is 2. The molecule has 0 spiro atoms. The number of hydrogen-bond acceptors (Lipinski definition) is 3. The Kier molecular flexibility index (Phi) is 10.4. The molecular formula is C26H33Cl2N3O2. The topological polar surface area (TPSA) is 66.6 Å². The lowest BCUT2D eigenvalue weighted by Crippen LogP contribution is -2.33. The standard InChI is InChI=1S/C26H31N3O2.2ClH/c27-25(30)14-16-29(18-20-5-2-1-3-6-20)26(31)12-11-22-7-4-8-23-19-28(15-13-24(22)23)17-21-9-10-21;;/h1-8,11-12,21H,9-10,13-19H2,(H2,27,30);2*1H/b12-11+;;. The Hall–Kier alpha value is -2.34. The van der Waals surface area contributed by atoms with Crippen LogP contribution < -0.4 is 5.73 Å². The Morgan fingerprint density at radius 3 is 2.52 bits per heavy atom. The molecule has 2 aromatic rings. The number of primary amides is 1. The van der Waals surface area contributed by atoms with Gasteiger partial charge in [-0.3, -0.25) is 14.5 Å². The Morgan fingerprint density at radius 1 is 1.06 bits per heavy atom. The van der Waals surface area contributed by atoms with E-state index in [1.807, 2.05) is 36.4 Å². The summed E-state index contributed by atoms with van der Waals surface area (Å²) in [5.74, 6) is 0.398. The second kappa shape index (κ2) is 12.8. The highest BCUT2D eigenvalue weighted by Crippen LogP contribution is 2.32. The van der Waals surface area contributed by atoms with Crippen LogP contribution in [0.1, 0.15) is 41.5 Å². The van der Waals surface area contributed by atoms with Crippen LogP contribution in [0.5, 0.6) is 0 Å². The van der Waals surface area contributed by atoms with Crippen LogP contribution in [0.25, 0.3) is 6.08 Å². The van der Waals surface area contributed by atoms with E-state index in [9.17, 15) is 9.59 Å². The maximum Gasteiger partial charge on any atom is 0.246 e. The van der Waals surface area contributed by atoms with Crippen molar-refractivity contribution < 1.29 is 9.59 Å². The highest BCUT2D eigenvalue weighted by molar-refractivity contribution is 5.92. The Morgan fingerprint density at radius 2 is 1.82 bits per heavy atom. The molecule has 0 saturated heterocycles. The molecule has 33 heavy (non-hydrogen) atoms. The van der Waals surface area contributed by atoms with E-state index in [-0.39, 0.29) is 37.1 Å². The molecule has 4 rings (SSSR count). The number of fused-ring (bicyclic) bond motifs is 1. The molecule has 178 valence electrons. The molecule has 1 heterocycles. The van der Waals surface area contributed by atoms with Gasteiger partial charge in [-0.05, 0) is 53.5 Å². The monoisotopic (exact) mass is 489 g/mol. The summed E-state index contributed by atoms with van der Waals surface area (Å²) in [7, 11) is 0. The molecule has 7 heteroatoms. The van der Waals surface area contributed by atoms with Gasteiger partial charge in [0.25, 0.3) is 0 Å². The van der Waals surface area contributed by atoms with Crippen molar-refractivity contribution in [1.29, 1.82) is 0 Å². The number of nitrogens with two attached hydrogens (primary N) is 1. The summed E-state index contributed by atoms with van der Waals surface area (Å²) in [6, 6.07) is 16.2. The van der Waals surface area contributed by atoms with Crippen molar-refractivity contribution in [2.75, 3.05) is 19.6 Å². The fraction of sp³-hybridized carbons (Fsp3) is 0.385. The molecule has 2 aliphatic rings. The molecule has 0 atom stereocenters. The summed E-state index contributed by atoms with van der Waals surface area (Å²) in [6.07, 6.45) is 7.50. The second-order valence-electron chi connectivity index (χ2n) is 8.71. The lowest BCUT2D eigenvalue weighted by atomic mass is 9.94. The van der Waals surface area contributed by atoms with Crippen molar-refractivity contribution in [1.82, 2.24) is 9.80 Å². The Balaban J connectivity index is 0.00000193. The Labute approximate surface area is 208 Å². The lowest BCUT2D eigenvalue weighted by molar-refractivity contribution is -0.127. The number of nitrogens with zero attached hydrogens (tertiary/aromatic N) is 2. The maximum atomic E-state index is 13.0. The fourth-order valence-corrected chi connectivity index (χ4v) is 4.26. The predicted octanol–water partition coefficient (Wildman–Crippen LogP) is 4.22.